The summed E-state index contributed by atoms with van der Waals surface area (Å²) < 4.78 is 0. The first-order chi connectivity index (χ1) is 8.27. The molecule has 0 unspecified atom stereocenters. The molecule has 0 aromatic carbocycles. The van der Waals surface area contributed by atoms with E-state index in [0.29, 0.717) is 18.7 Å². The van der Waals surface area contributed by atoms with Crippen molar-refractivity contribution in [3.63, 3.8) is 0 Å². The standard InChI is InChI=1S/C14H23NO2/c16-13(12-7-3-1-4-8-12)11-15-10-6-2-5-9-14(15)17/h12H,1-11H2. The van der Waals surface area contributed by atoms with Gasteiger partial charge in [0.15, 0.2) is 5.78 Å². The van der Waals surface area contributed by atoms with Crippen molar-refractivity contribution >= 4 is 11.7 Å². The molecule has 1 aliphatic carbocycles. The number of hydrogen-bond acceptors (Lipinski definition) is 2. The maximum atomic E-state index is 12.1. The fourth-order valence-corrected chi connectivity index (χ4v) is 2.95. The minimum absolute atomic E-state index is 0.187. The molecule has 1 saturated carbocycles. The second kappa shape index (κ2) is 6.18. The number of likely N-dealkylation sites (tertiary alicyclic amines) is 1. The van der Waals surface area contributed by atoms with Crippen LogP contribution in [-0.4, -0.2) is 29.7 Å². The van der Waals surface area contributed by atoms with E-state index < -0.39 is 0 Å². The number of hydrogen-bond donors (Lipinski definition) is 0. The Balaban J connectivity index is 1.85. The molecule has 1 amide bonds. The molecule has 0 radical (unpaired) electrons. The predicted octanol–water partition coefficient (Wildman–Crippen LogP) is 2.54. The van der Waals surface area contributed by atoms with Gasteiger partial charge in [-0.25, -0.2) is 0 Å². The van der Waals surface area contributed by atoms with Crippen molar-refractivity contribution in [2.24, 2.45) is 5.92 Å². The van der Waals surface area contributed by atoms with Crippen LogP contribution in [0.1, 0.15) is 57.8 Å². The molecule has 0 aromatic heterocycles. The Morgan fingerprint density at radius 1 is 1.06 bits per heavy atom. The number of nitrogens with zero attached hydrogens (tertiary/aromatic N) is 1. The van der Waals surface area contributed by atoms with Gasteiger partial charge in [0.2, 0.25) is 5.91 Å². The molecule has 0 N–H and O–H groups in total. The zero-order valence-corrected chi connectivity index (χ0v) is 10.6. The third-order valence-electron chi connectivity index (χ3n) is 4.08. The zero-order chi connectivity index (χ0) is 12.1. The summed E-state index contributed by atoms with van der Waals surface area (Å²) in [6.07, 6.45) is 9.54. The highest BCUT2D eigenvalue weighted by molar-refractivity contribution is 5.87. The van der Waals surface area contributed by atoms with Crippen molar-refractivity contribution in [2.45, 2.75) is 57.8 Å². The van der Waals surface area contributed by atoms with Crippen LogP contribution < -0.4 is 0 Å². The van der Waals surface area contributed by atoms with E-state index >= 15 is 0 Å². The van der Waals surface area contributed by atoms with Gasteiger partial charge in [-0.15, -0.1) is 0 Å². The monoisotopic (exact) mass is 237 g/mol. The second-order valence-electron chi connectivity index (χ2n) is 5.43. The zero-order valence-electron chi connectivity index (χ0n) is 10.6. The highest BCUT2D eigenvalue weighted by Gasteiger charge is 2.25. The molecule has 17 heavy (non-hydrogen) atoms. The van der Waals surface area contributed by atoms with E-state index in [-0.39, 0.29) is 11.8 Å². The fraction of sp³-hybridized carbons (Fsp3) is 0.857. The maximum Gasteiger partial charge on any atom is 0.222 e. The van der Waals surface area contributed by atoms with E-state index in [4.69, 9.17) is 0 Å². The smallest absolute Gasteiger partial charge is 0.222 e. The Bertz CT molecular complexity index is 282. The largest absolute Gasteiger partial charge is 0.335 e. The number of carbonyl (C=O) groups is 2. The third-order valence-corrected chi connectivity index (χ3v) is 4.08. The topological polar surface area (TPSA) is 37.4 Å². The van der Waals surface area contributed by atoms with Crippen molar-refractivity contribution < 1.29 is 9.59 Å². The minimum Gasteiger partial charge on any atom is -0.335 e. The molecule has 0 bridgehead atoms. The molecule has 0 spiro atoms. The van der Waals surface area contributed by atoms with Crippen molar-refractivity contribution in [1.29, 1.82) is 0 Å². The van der Waals surface area contributed by atoms with Crippen molar-refractivity contribution in [1.82, 2.24) is 4.90 Å². The van der Waals surface area contributed by atoms with Gasteiger partial charge in [-0.2, -0.15) is 0 Å². The maximum absolute atomic E-state index is 12.1. The molecule has 2 aliphatic rings. The number of amides is 1. The van der Waals surface area contributed by atoms with Gasteiger partial charge >= 0.3 is 0 Å². The molecule has 1 aliphatic heterocycles. The second-order valence-corrected chi connectivity index (χ2v) is 5.43. The summed E-state index contributed by atoms with van der Waals surface area (Å²) in [6.45, 7) is 1.17. The van der Waals surface area contributed by atoms with E-state index in [1.165, 1.54) is 19.3 Å². The summed E-state index contributed by atoms with van der Waals surface area (Å²) in [5, 5.41) is 0. The Morgan fingerprint density at radius 2 is 1.76 bits per heavy atom. The first kappa shape index (κ1) is 12.6. The first-order valence-corrected chi connectivity index (χ1v) is 7.08. The van der Waals surface area contributed by atoms with Gasteiger partial charge in [-0.1, -0.05) is 25.7 Å². The van der Waals surface area contributed by atoms with Crippen molar-refractivity contribution in [2.75, 3.05) is 13.1 Å². The lowest BCUT2D eigenvalue weighted by Crippen LogP contribution is -2.38. The lowest BCUT2D eigenvalue weighted by molar-refractivity contribution is -0.136. The summed E-state index contributed by atoms with van der Waals surface area (Å²) in [6, 6.07) is 0. The van der Waals surface area contributed by atoms with Crippen LogP contribution in [0.25, 0.3) is 0 Å². The van der Waals surface area contributed by atoms with Gasteiger partial charge in [0.05, 0.1) is 6.54 Å². The van der Waals surface area contributed by atoms with Gasteiger partial charge in [0.25, 0.3) is 0 Å². The van der Waals surface area contributed by atoms with Crippen molar-refractivity contribution in [3.05, 3.63) is 0 Å². The number of Topliss-reactive ketones (excluding diaryl/α,β-unsaturated/α-hetero) is 1. The van der Waals surface area contributed by atoms with Crippen LogP contribution in [-0.2, 0) is 9.59 Å². The summed E-state index contributed by atoms with van der Waals surface area (Å²) in [5.74, 6) is 0.728. The summed E-state index contributed by atoms with van der Waals surface area (Å²) in [5.41, 5.74) is 0. The highest BCUT2D eigenvalue weighted by Crippen LogP contribution is 2.25. The number of carbonyl (C=O) groups excluding carboxylic acids is 2. The molecule has 96 valence electrons. The van der Waals surface area contributed by atoms with Crippen LogP contribution in [0, 0.1) is 5.92 Å². The van der Waals surface area contributed by atoms with Crippen molar-refractivity contribution in [3.8, 4) is 0 Å². The Kier molecular flexibility index (Phi) is 4.57. The Labute approximate surface area is 104 Å². The molecule has 0 atom stereocenters. The minimum atomic E-state index is 0.187. The number of rotatable bonds is 3. The predicted molar refractivity (Wildman–Crippen MR) is 66.6 cm³/mol. The van der Waals surface area contributed by atoms with Gasteiger partial charge in [-0.3, -0.25) is 9.59 Å². The van der Waals surface area contributed by atoms with Gasteiger partial charge in [-0.05, 0) is 25.7 Å². The SMILES string of the molecule is O=C(CN1CCCCCC1=O)C1CCCCC1. The molecule has 0 aromatic rings. The van der Waals surface area contributed by atoms with Crippen LogP contribution in [0.5, 0.6) is 0 Å². The quantitative estimate of drug-likeness (QED) is 0.756. The first-order valence-electron chi connectivity index (χ1n) is 7.08. The molecule has 2 fully saturated rings. The molecule has 1 saturated heterocycles. The van der Waals surface area contributed by atoms with E-state index in [9.17, 15) is 9.59 Å². The normalized spacial score (nSPS) is 23.5. The van der Waals surface area contributed by atoms with E-state index in [1.54, 1.807) is 4.90 Å². The molecule has 3 nitrogen and oxygen atoms in total. The van der Waals surface area contributed by atoms with Crippen LogP contribution in [0.2, 0.25) is 0 Å². The number of ketones is 1. The molecular weight excluding hydrogens is 214 g/mol. The van der Waals surface area contributed by atoms with Crippen LogP contribution >= 0.6 is 0 Å². The van der Waals surface area contributed by atoms with Gasteiger partial charge < -0.3 is 4.90 Å². The lowest BCUT2D eigenvalue weighted by atomic mass is 9.86. The third kappa shape index (κ3) is 3.55. The van der Waals surface area contributed by atoms with Crippen LogP contribution in [0.3, 0.4) is 0 Å². The van der Waals surface area contributed by atoms with E-state index in [1.807, 2.05) is 0 Å². The van der Waals surface area contributed by atoms with Crippen LogP contribution in [0.15, 0.2) is 0 Å². The Hall–Kier alpha value is -0.860. The highest BCUT2D eigenvalue weighted by atomic mass is 16.2. The fourth-order valence-electron chi connectivity index (χ4n) is 2.95. The summed E-state index contributed by atoms with van der Waals surface area (Å²) in [4.78, 5) is 25.7. The summed E-state index contributed by atoms with van der Waals surface area (Å²) in [7, 11) is 0. The molecule has 2 rings (SSSR count). The molecule has 1 heterocycles. The van der Waals surface area contributed by atoms with E-state index in [0.717, 1.165) is 38.6 Å². The van der Waals surface area contributed by atoms with Gasteiger partial charge in [0, 0.05) is 18.9 Å². The average Bonchev–Trinajstić information content (AvgIpc) is 2.56. The summed E-state index contributed by atoms with van der Waals surface area (Å²) >= 11 is 0. The van der Waals surface area contributed by atoms with E-state index in [2.05, 4.69) is 0 Å². The average molecular weight is 237 g/mol. The van der Waals surface area contributed by atoms with Crippen LogP contribution in [0.4, 0.5) is 0 Å². The lowest BCUT2D eigenvalue weighted by Gasteiger charge is -2.25. The van der Waals surface area contributed by atoms with Gasteiger partial charge in [0.1, 0.15) is 0 Å². The Morgan fingerprint density at radius 3 is 2.53 bits per heavy atom. The molecule has 3 heteroatoms. The molecular formula is C14H23NO2.